The van der Waals surface area contributed by atoms with E-state index in [2.05, 4.69) is 15.3 Å². The highest BCUT2D eigenvalue weighted by Gasteiger charge is 2.04. The van der Waals surface area contributed by atoms with Gasteiger partial charge >= 0.3 is 0 Å². The van der Waals surface area contributed by atoms with Gasteiger partial charge in [0.25, 0.3) is 0 Å². The van der Waals surface area contributed by atoms with Gasteiger partial charge in [-0.25, -0.2) is 14.4 Å². The van der Waals surface area contributed by atoms with E-state index < -0.39 is 5.82 Å². The Morgan fingerprint density at radius 2 is 2.12 bits per heavy atom. The highest BCUT2D eigenvalue weighted by molar-refractivity contribution is 5.59. The van der Waals surface area contributed by atoms with Crippen LogP contribution in [0.1, 0.15) is 5.56 Å². The molecule has 5 nitrogen and oxygen atoms in total. The molecule has 1 heterocycles. The average molecular weight is 229 g/mol. The highest BCUT2D eigenvalue weighted by Crippen LogP contribution is 2.19. The smallest absolute Gasteiger partial charge is 0.147 e. The molecule has 17 heavy (non-hydrogen) atoms. The lowest BCUT2D eigenvalue weighted by Crippen LogP contribution is -1.99. The summed E-state index contributed by atoms with van der Waals surface area (Å²) in [4.78, 5) is 7.61. The highest BCUT2D eigenvalue weighted by atomic mass is 19.1. The standard InChI is InChI=1S/C11H8FN5/c12-8-3-7(5-13)1-2-9(8)17-11-4-10(14)15-6-16-11/h1-4,6H,(H3,14,15,16,17). The molecule has 84 valence electrons. The quantitative estimate of drug-likeness (QED) is 0.819. The van der Waals surface area contributed by atoms with Crippen LogP contribution in [0.3, 0.4) is 0 Å². The number of benzene rings is 1. The second-order valence-electron chi connectivity index (χ2n) is 3.26. The Balaban J connectivity index is 2.28. The maximum absolute atomic E-state index is 13.5. The summed E-state index contributed by atoms with van der Waals surface area (Å²) < 4.78 is 13.5. The minimum absolute atomic E-state index is 0.224. The van der Waals surface area contributed by atoms with Gasteiger partial charge in [0.1, 0.15) is 23.8 Å². The van der Waals surface area contributed by atoms with Crippen molar-refractivity contribution in [3.05, 3.63) is 42.0 Å². The predicted octanol–water partition coefficient (Wildman–Crippen LogP) is 1.81. The summed E-state index contributed by atoms with van der Waals surface area (Å²) in [6.07, 6.45) is 1.28. The maximum atomic E-state index is 13.5. The summed E-state index contributed by atoms with van der Waals surface area (Å²) in [7, 11) is 0. The van der Waals surface area contributed by atoms with Gasteiger partial charge in [-0.3, -0.25) is 0 Å². The number of nitriles is 1. The predicted molar refractivity (Wildman–Crippen MR) is 60.8 cm³/mol. The molecule has 6 heteroatoms. The minimum Gasteiger partial charge on any atom is -0.384 e. The molecule has 0 aliphatic carbocycles. The van der Waals surface area contributed by atoms with E-state index in [1.54, 1.807) is 0 Å². The number of nitrogens with two attached hydrogens (primary N) is 1. The Morgan fingerprint density at radius 3 is 2.76 bits per heavy atom. The molecular weight excluding hydrogens is 221 g/mol. The third-order valence-electron chi connectivity index (χ3n) is 2.05. The van der Waals surface area contributed by atoms with Crippen molar-refractivity contribution in [3.8, 4) is 6.07 Å². The normalized spacial score (nSPS) is 9.65. The summed E-state index contributed by atoms with van der Waals surface area (Å²) in [5, 5.41) is 11.4. The van der Waals surface area contributed by atoms with Gasteiger partial charge < -0.3 is 11.1 Å². The van der Waals surface area contributed by atoms with Crippen molar-refractivity contribution in [2.45, 2.75) is 0 Å². The molecule has 0 aliphatic heterocycles. The largest absolute Gasteiger partial charge is 0.384 e. The molecule has 2 rings (SSSR count). The van der Waals surface area contributed by atoms with E-state index in [-0.39, 0.29) is 17.1 Å². The monoisotopic (exact) mass is 229 g/mol. The molecule has 0 fully saturated rings. The van der Waals surface area contributed by atoms with Crippen molar-refractivity contribution in [3.63, 3.8) is 0 Å². The number of hydrogen-bond donors (Lipinski definition) is 2. The second kappa shape index (κ2) is 4.45. The lowest BCUT2D eigenvalue weighted by molar-refractivity contribution is 0.631. The Kier molecular flexibility index (Phi) is 2.83. The first-order valence-corrected chi connectivity index (χ1v) is 4.73. The van der Waals surface area contributed by atoms with Gasteiger partial charge in [-0.2, -0.15) is 5.26 Å². The van der Waals surface area contributed by atoms with E-state index in [0.717, 1.165) is 6.07 Å². The molecule has 2 aromatic rings. The number of nitrogens with zero attached hydrogens (tertiary/aromatic N) is 3. The van der Waals surface area contributed by atoms with E-state index >= 15 is 0 Å². The fourth-order valence-corrected chi connectivity index (χ4v) is 1.26. The first-order chi connectivity index (χ1) is 8.19. The van der Waals surface area contributed by atoms with Crippen LogP contribution in [0.15, 0.2) is 30.6 Å². The molecule has 0 radical (unpaired) electrons. The van der Waals surface area contributed by atoms with Gasteiger partial charge in [-0.15, -0.1) is 0 Å². The molecular formula is C11H8FN5. The van der Waals surface area contributed by atoms with Gasteiger partial charge in [0.15, 0.2) is 0 Å². The van der Waals surface area contributed by atoms with Crippen LogP contribution in [-0.2, 0) is 0 Å². The van der Waals surface area contributed by atoms with Crippen molar-refractivity contribution >= 4 is 17.3 Å². The van der Waals surface area contributed by atoms with Gasteiger partial charge in [-0.1, -0.05) is 0 Å². The summed E-state index contributed by atoms with van der Waals surface area (Å²) in [6.45, 7) is 0. The molecule has 1 aromatic heterocycles. The number of rotatable bonds is 2. The molecule has 0 aliphatic rings. The van der Waals surface area contributed by atoms with Crippen molar-refractivity contribution in [1.82, 2.24) is 9.97 Å². The lowest BCUT2D eigenvalue weighted by atomic mass is 10.2. The number of halogens is 1. The van der Waals surface area contributed by atoms with Gasteiger partial charge in [-0.05, 0) is 18.2 Å². The van der Waals surface area contributed by atoms with Gasteiger partial charge in [0, 0.05) is 6.07 Å². The molecule has 0 bridgehead atoms. The Morgan fingerprint density at radius 1 is 1.29 bits per heavy atom. The first-order valence-electron chi connectivity index (χ1n) is 4.73. The zero-order valence-electron chi connectivity index (χ0n) is 8.68. The van der Waals surface area contributed by atoms with E-state index in [1.807, 2.05) is 6.07 Å². The fraction of sp³-hybridized carbons (Fsp3) is 0. The minimum atomic E-state index is -0.527. The summed E-state index contributed by atoms with van der Waals surface area (Å²) >= 11 is 0. The van der Waals surface area contributed by atoms with Crippen molar-refractivity contribution in [2.75, 3.05) is 11.1 Å². The number of hydrogen-bond acceptors (Lipinski definition) is 5. The number of nitrogens with one attached hydrogen (secondary N) is 1. The number of anilines is 3. The van der Waals surface area contributed by atoms with Crippen LogP contribution in [0.4, 0.5) is 21.7 Å². The molecule has 0 saturated heterocycles. The van der Waals surface area contributed by atoms with Gasteiger partial charge in [0.05, 0.1) is 17.3 Å². The first kappa shape index (κ1) is 10.8. The maximum Gasteiger partial charge on any atom is 0.147 e. The second-order valence-corrected chi connectivity index (χ2v) is 3.26. The van der Waals surface area contributed by atoms with E-state index in [4.69, 9.17) is 11.0 Å². The molecule has 0 saturated carbocycles. The molecule has 1 aromatic carbocycles. The topological polar surface area (TPSA) is 87.6 Å². The fourth-order valence-electron chi connectivity index (χ4n) is 1.26. The number of aromatic nitrogens is 2. The SMILES string of the molecule is N#Cc1ccc(Nc2cc(N)ncn2)c(F)c1. The van der Waals surface area contributed by atoms with E-state index in [0.29, 0.717) is 5.82 Å². The van der Waals surface area contributed by atoms with Crippen LogP contribution in [0.5, 0.6) is 0 Å². The average Bonchev–Trinajstić information content (AvgIpc) is 2.32. The third-order valence-corrected chi connectivity index (χ3v) is 2.05. The van der Waals surface area contributed by atoms with Crippen LogP contribution in [-0.4, -0.2) is 9.97 Å². The Bertz CT molecular complexity index is 591. The zero-order valence-corrected chi connectivity index (χ0v) is 8.68. The van der Waals surface area contributed by atoms with Crippen LogP contribution in [0.25, 0.3) is 0 Å². The van der Waals surface area contributed by atoms with Crippen molar-refractivity contribution in [2.24, 2.45) is 0 Å². The van der Waals surface area contributed by atoms with Crippen LogP contribution >= 0.6 is 0 Å². The molecule has 0 atom stereocenters. The lowest BCUT2D eigenvalue weighted by Gasteiger charge is -2.06. The molecule has 0 unspecified atom stereocenters. The van der Waals surface area contributed by atoms with Gasteiger partial charge in [0.2, 0.25) is 0 Å². The molecule has 0 amide bonds. The summed E-state index contributed by atoms with van der Waals surface area (Å²) in [5.41, 5.74) is 5.95. The van der Waals surface area contributed by atoms with Crippen LogP contribution < -0.4 is 11.1 Å². The van der Waals surface area contributed by atoms with E-state index in [9.17, 15) is 4.39 Å². The third kappa shape index (κ3) is 2.46. The Hall–Kier alpha value is -2.68. The molecule has 3 N–H and O–H groups in total. The summed E-state index contributed by atoms with van der Waals surface area (Å²) in [5.74, 6) is 0.152. The van der Waals surface area contributed by atoms with Crippen LogP contribution in [0, 0.1) is 17.1 Å². The van der Waals surface area contributed by atoms with Crippen molar-refractivity contribution in [1.29, 1.82) is 5.26 Å². The van der Waals surface area contributed by atoms with Crippen LogP contribution in [0.2, 0.25) is 0 Å². The van der Waals surface area contributed by atoms with Crippen molar-refractivity contribution < 1.29 is 4.39 Å². The summed E-state index contributed by atoms with van der Waals surface area (Å²) in [6, 6.07) is 7.46. The Labute approximate surface area is 96.7 Å². The van der Waals surface area contributed by atoms with E-state index in [1.165, 1.54) is 24.5 Å². The zero-order chi connectivity index (χ0) is 12.3. The number of nitrogen functional groups attached to an aromatic ring is 1. The molecule has 0 spiro atoms.